The molecular formula is C9H15NO3. The van der Waals surface area contributed by atoms with Crippen LogP contribution in [0.15, 0.2) is 0 Å². The molecule has 0 aromatic rings. The summed E-state index contributed by atoms with van der Waals surface area (Å²) in [5.74, 6) is -0.216. The molecule has 4 heteroatoms. The van der Waals surface area contributed by atoms with E-state index in [1.165, 1.54) is 13.8 Å². The van der Waals surface area contributed by atoms with Gasteiger partial charge in [-0.3, -0.25) is 9.59 Å². The van der Waals surface area contributed by atoms with E-state index in [-0.39, 0.29) is 18.0 Å². The summed E-state index contributed by atoms with van der Waals surface area (Å²) >= 11 is 0. The minimum Gasteiger partial charge on any atom is -0.461 e. The van der Waals surface area contributed by atoms with Crippen LogP contribution in [0.2, 0.25) is 0 Å². The van der Waals surface area contributed by atoms with Gasteiger partial charge in [-0.1, -0.05) is 0 Å². The maximum Gasteiger partial charge on any atom is 0.302 e. The molecule has 1 atom stereocenters. The summed E-state index contributed by atoms with van der Waals surface area (Å²) in [5, 5.41) is 0. The van der Waals surface area contributed by atoms with Gasteiger partial charge < -0.3 is 9.64 Å². The lowest BCUT2D eigenvalue weighted by molar-refractivity contribution is -0.151. The second-order valence-electron chi connectivity index (χ2n) is 3.34. The maximum absolute atomic E-state index is 11.0. The third-order valence-corrected chi connectivity index (χ3v) is 2.16. The lowest BCUT2D eigenvalue weighted by Crippen LogP contribution is -2.42. The summed E-state index contributed by atoms with van der Waals surface area (Å²) in [6, 6.07) is 0. The fraction of sp³-hybridized carbons (Fsp3) is 0.778. The summed E-state index contributed by atoms with van der Waals surface area (Å²) in [6.07, 6.45) is 1.68. The molecule has 0 unspecified atom stereocenters. The summed E-state index contributed by atoms with van der Waals surface area (Å²) in [6.45, 7) is 4.27. The van der Waals surface area contributed by atoms with Crippen molar-refractivity contribution in [2.45, 2.75) is 32.8 Å². The van der Waals surface area contributed by atoms with Gasteiger partial charge in [-0.15, -0.1) is 0 Å². The highest BCUT2D eigenvalue weighted by molar-refractivity contribution is 5.73. The molecule has 1 aliphatic rings. The van der Waals surface area contributed by atoms with E-state index in [0.717, 1.165) is 19.4 Å². The summed E-state index contributed by atoms with van der Waals surface area (Å²) < 4.78 is 5.04. The van der Waals surface area contributed by atoms with Gasteiger partial charge in [0.15, 0.2) is 0 Å². The van der Waals surface area contributed by atoms with Crippen molar-refractivity contribution in [2.75, 3.05) is 13.1 Å². The predicted octanol–water partition coefficient (Wildman–Crippen LogP) is 0.560. The van der Waals surface area contributed by atoms with Gasteiger partial charge in [-0.25, -0.2) is 0 Å². The molecule has 0 aliphatic carbocycles. The molecule has 1 amide bonds. The normalized spacial score (nSPS) is 22.6. The molecule has 0 saturated carbocycles. The Morgan fingerprint density at radius 1 is 1.38 bits per heavy atom. The molecule has 1 saturated heterocycles. The first-order valence-electron chi connectivity index (χ1n) is 4.52. The van der Waals surface area contributed by atoms with Crippen molar-refractivity contribution < 1.29 is 14.3 Å². The van der Waals surface area contributed by atoms with Crippen LogP contribution in [-0.2, 0) is 14.3 Å². The van der Waals surface area contributed by atoms with Gasteiger partial charge >= 0.3 is 5.97 Å². The van der Waals surface area contributed by atoms with Crippen LogP contribution >= 0.6 is 0 Å². The highest BCUT2D eigenvalue weighted by Gasteiger charge is 2.23. The Hall–Kier alpha value is -1.06. The number of carbonyl (C=O) groups excluding carboxylic acids is 2. The Morgan fingerprint density at radius 3 is 2.62 bits per heavy atom. The van der Waals surface area contributed by atoms with Crippen LogP contribution in [0.4, 0.5) is 0 Å². The molecule has 1 aliphatic heterocycles. The van der Waals surface area contributed by atoms with E-state index in [1.54, 1.807) is 4.90 Å². The minimum absolute atomic E-state index is 0.0526. The monoisotopic (exact) mass is 185 g/mol. The van der Waals surface area contributed by atoms with E-state index >= 15 is 0 Å². The number of esters is 1. The largest absolute Gasteiger partial charge is 0.461 e. The molecule has 0 N–H and O–H groups in total. The number of nitrogens with zero attached hydrogens (tertiary/aromatic N) is 1. The summed E-state index contributed by atoms with van der Waals surface area (Å²) in [5.41, 5.74) is 0. The molecule has 1 fully saturated rings. The molecule has 1 heterocycles. The van der Waals surface area contributed by atoms with E-state index in [4.69, 9.17) is 4.74 Å². The Bertz CT molecular complexity index is 215. The summed E-state index contributed by atoms with van der Waals surface area (Å²) in [7, 11) is 0. The predicted molar refractivity (Wildman–Crippen MR) is 47.0 cm³/mol. The average molecular weight is 185 g/mol. The topological polar surface area (TPSA) is 46.6 Å². The lowest BCUT2D eigenvalue weighted by atomic mass is 10.1. The van der Waals surface area contributed by atoms with Crippen molar-refractivity contribution in [2.24, 2.45) is 0 Å². The van der Waals surface area contributed by atoms with Crippen LogP contribution < -0.4 is 0 Å². The van der Waals surface area contributed by atoms with Crippen molar-refractivity contribution in [3.8, 4) is 0 Å². The molecule has 1 rings (SSSR count). The Morgan fingerprint density at radius 2 is 2.08 bits per heavy atom. The van der Waals surface area contributed by atoms with Gasteiger partial charge in [0.25, 0.3) is 0 Å². The zero-order valence-electron chi connectivity index (χ0n) is 8.08. The highest BCUT2D eigenvalue weighted by atomic mass is 16.5. The van der Waals surface area contributed by atoms with E-state index in [0.29, 0.717) is 6.54 Å². The quantitative estimate of drug-likeness (QED) is 0.561. The highest BCUT2D eigenvalue weighted by Crippen LogP contribution is 2.13. The fourth-order valence-corrected chi connectivity index (χ4v) is 1.56. The van der Waals surface area contributed by atoms with Crippen LogP contribution in [-0.4, -0.2) is 36.0 Å². The number of likely N-dealkylation sites (tertiary alicyclic amines) is 1. The van der Waals surface area contributed by atoms with Gasteiger partial charge in [0.2, 0.25) is 5.91 Å². The molecule has 4 nitrogen and oxygen atoms in total. The molecule has 0 spiro atoms. The number of carbonyl (C=O) groups is 2. The van der Waals surface area contributed by atoms with E-state index < -0.39 is 0 Å². The Balaban J connectivity index is 2.41. The van der Waals surface area contributed by atoms with Gasteiger partial charge in [-0.2, -0.15) is 0 Å². The van der Waals surface area contributed by atoms with Crippen LogP contribution in [0.5, 0.6) is 0 Å². The van der Waals surface area contributed by atoms with Crippen LogP contribution in [0, 0.1) is 0 Å². The lowest BCUT2D eigenvalue weighted by Gasteiger charge is -2.31. The van der Waals surface area contributed by atoms with Crippen molar-refractivity contribution in [3.63, 3.8) is 0 Å². The zero-order valence-corrected chi connectivity index (χ0v) is 8.08. The average Bonchev–Trinajstić information content (AvgIpc) is 2.03. The smallest absolute Gasteiger partial charge is 0.302 e. The van der Waals surface area contributed by atoms with Gasteiger partial charge in [0.05, 0.1) is 6.54 Å². The van der Waals surface area contributed by atoms with E-state index in [2.05, 4.69) is 0 Å². The SMILES string of the molecule is CC(=O)O[C@H]1CCCN(C(C)=O)C1. The maximum atomic E-state index is 11.0. The third-order valence-electron chi connectivity index (χ3n) is 2.16. The number of rotatable bonds is 1. The zero-order chi connectivity index (χ0) is 9.84. The number of ether oxygens (including phenoxy) is 1. The van der Waals surface area contributed by atoms with Crippen molar-refractivity contribution in [1.82, 2.24) is 4.90 Å². The van der Waals surface area contributed by atoms with E-state index in [1.807, 2.05) is 0 Å². The number of hydrogen-bond donors (Lipinski definition) is 0. The first-order valence-corrected chi connectivity index (χ1v) is 4.52. The molecule has 0 radical (unpaired) electrons. The molecular weight excluding hydrogens is 170 g/mol. The van der Waals surface area contributed by atoms with Gasteiger partial charge in [-0.05, 0) is 12.8 Å². The number of amides is 1. The fourth-order valence-electron chi connectivity index (χ4n) is 1.56. The molecule has 0 bridgehead atoms. The van der Waals surface area contributed by atoms with Crippen molar-refractivity contribution in [3.05, 3.63) is 0 Å². The van der Waals surface area contributed by atoms with E-state index in [9.17, 15) is 9.59 Å². The van der Waals surface area contributed by atoms with Crippen molar-refractivity contribution in [1.29, 1.82) is 0 Å². The Kier molecular flexibility index (Phi) is 3.28. The Labute approximate surface area is 77.8 Å². The minimum atomic E-state index is -0.268. The second-order valence-corrected chi connectivity index (χ2v) is 3.34. The van der Waals surface area contributed by atoms with Crippen molar-refractivity contribution >= 4 is 11.9 Å². The molecule has 13 heavy (non-hydrogen) atoms. The van der Waals surface area contributed by atoms with Crippen LogP contribution in [0.1, 0.15) is 26.7 Å². The molecule has 0 aromatic heterocycles. The third kappa shape index (κ3) is 3.05. The van der Waals surface area contributed by atoms with Crippen LogP contribution in [0.25, 0.3) is 0 Å². The first kappa shape index (κ1) is 10.0. The van der Waals surface area contributed by atoms with Gasteiger partial charge in [0, 0.05) is 20.4 Å². The molecule has 0 aromatic carbocycles. The number of piperidine rings is 1. The number of hydrogen-bond acceptors (Lipinski definition) is 3. The first-order chi connectivity index (χ1) is 6.09. The second kappa shape index (κ2) is 4.25. The standard InChI is InChI=1S/C9H15NO3/c1-7(11)10-5-3-4-9(6-10)13-8(2)12/h9H,3-6H2,1-2H3/t9-/m0/s1. The van der Waals surface area contributed by atoms with Crippen LogP contribution in [0.3, 0.4) is 0 Å². The summed E-state index contributed by atoms with van der Waals surface area (Å²) in [4.78, 5) is 23.4. The van der Waals surface area contributed by atoms with Gasteiger partial charge in [0.1, 0.15) is 6.10 Å². The molecule has 74 valence electrons.